The number of unbranched alkanes of at least 4 members (excludes halogenated alkanes) is 1. The summed E-state index contributed by atoms with van der Waals surface area (Å²) in [6.45, 7) is 10.6. The second-order valence-electron chi connectivity index (χ2n) is 7.13. The molecule has 0 spiro atoms. The van der Waals surface area contributed by atoms with Crippen LogP contribution in [0.3, 0.4) is 0 Å². The number of piperazine rings is 1. The molecule has 1 aromatic carbocycles. The summed E-state index contributed by atoms with van der Waals surface area (Å²) in [7, 11) is 0. The summed E-state index contributed by atoms with van der Waals surface area (Å²) < 4.78 is 7.83. The molecule has 0 bridgehead atoms. The Morgan fingerprint density at radius 3 is 2.52 bits per heavy atom. The van der Waals surface area contributed by atoms with Crippen LogP contribution >= 0.6 is 0 Å². The van der Waals surface area contributed by atoms with Gasteiger partial charge in [0, 0.05) is 52.4 Å². The first-order valence-corrected chi connectivity index (χ1v) is 10.6. The van der Waals surface area contributed by atoms with Gasteiger partial charge in [-0.05, 0) is 31.9 Å². The molecule has 0 radical (unpaired) electrons. The Balaban J connectivity index is 1.34. The van der Waals surface area contributed by atoms with Crippen molar-refractivity contribution in [3.8, 4) is 5.75 Å². The van der Waals surface area contributed by atoms with Gasteiger partial charge in [-0.3, -0.25) is 9.89 Å². The molecular formula is C21H33N7O. The van der Waals surface area contributed by atoms with Crippen LogP contribution in [0.4, 0.5) is 0 Å². The molecule has 158 valence electrons. The fourth-order valence-electron chi connectivity index (χ4n) is 3.35. The van der Waals surface area contributed by atoms with Gasteiger partial charge in [-0.15, -0.1) is 10.2 Å². The van der Waals surface area contributed by atoms with Crippen LogP contribution in [0.5, 0.6) is 5.75 Å². The molecule has 2 aromatic rings. The minimum atomic E-state index is 0.727. The molecule has 1 saturated heterocycles. The molecule has 1 N–H and O–H groups in total. The van der Waals surface area contributed by atoms with Gasteiger partial charge in [0.1, 0.15) is 25.0 Å². The number of ether oxygens (including phenoxy) is 1. The molecule has 0 amide bonds. The smallest absolute Gasteiger partial charge is 0.194 e. The van der Waals surface area contributed by atoms with Gasteiger partial charge in [-0.1, -0.05) is 18.2 Å². The summed E-state index contributed by atoms with van der Waals surface area (Å²) >= 11 is 0. The van der Waals surface area contributed by atoms with E-state index in [0.717, 1.165) is 83.5 Å². The summed E-state index contributed by atoms with van der Waals surface area (Å²) in [6.07, 6.45) is 5.66. The molecule has 1 aliphatic heterocycles. The monoisotopic (exact) mass is 399 g/mol. The van der Waals surface area contributed by atoms with E-state index >= 15 is 0 Å². The summed E-state index contributed by atoms with van der Waals surface area (Å²) in [4.78, 5) is 9.66. The highest BCUT2D eigenvalue weighted by Crippen LogP contribution is 2.09. The third-order valence-corrected chi connectivity index (χ3v) is 4.98. The molecule has 1 fully saturated rings. The first kappa shape index (κ1) is 21.1. The molecule has 0 unspecified atom stereocenters. The van der Waals surface area contributed by atoms with Crippen LogP contribution in [0.1, 0.15) is 19.8 Å². The Hall–Kier alpha value is -2.61. The molecule has 29 heavy (non-hydrogen) atoms. The van der Waals surface area contributed by atoms with Gasteiger partial charge in [0.2, 0.25) is 0 Å². The van der Waals surface area contributed by atoms with Crippen molar-refractivity contribution in [2.75, 3.05) is 52.4 Å². The molecule has 1 aliphatic rings. The van der Waals surface area contributed by atoms with Gasteiger partial charge >= 0.3 is 0 Å². The largest absolute Gasteiger partial charge is 0.492 e. The number of aromatic nitrogens is 3. The minimum Gasteiger partial charge on any atom is -0.492 e. The lowest BCUT2D eigenvalue weighted by Gasteiger charge is -2.36. The number of para-hydroxylation sites is 1. The topological polar surface area (TPSA) is 70.8 Å². The van der Waals surface area contributed by atoms with E-state index in [4.69, 9.17) is 9.73 Å². The van der Waals surface area contributed by atoms with Crippen molar-refractivity contribution in [1.29, 1.82) is 0 Å². The van der Waals surface area contributed by atoms with Gasteiger partial charge < -0.3 is 19.5 Å². The number of benzene rings is 1. The van der Waals surface area contributed by atoms with Crippen molar-refractivity contribution in [2.24, 2.45) is 4.99 Å². The lowest BCUT2D eigenvalue weighted by Crippen LogP contribution is -2.53. The molecule has 8 heteroatoms. The predicted octanol–water partition coefficient (Wildman–Crippen LogP) is 1.72. The first-order chi connectivity index (χ1) is 14.3. The highest BCUT2D eigenvalue weighted by atomic mass is 16.5. The predicted molar refractivity (Wildman–Crippen MR) is 115 cm³/mol. The third-order valence-electron chi connectivity index (χ3n) is 4.98. The fraction of sp³-hybridized carbons (Fsp3) is 0.571. The number of rotatable bonds is 10. The Morgan fingerprint density at radius 1 is 1.03 bits per heavy atom. The van der Waals surface area contributed by atoms with Crippen molar-refractivity contribution in [1.82, 2.24) is 29.9 Å². The Labute approximate surface area is 173 Å². The molecule has 0 saturated carbocycles. The molecule has 0 atom stereocenters. The highest BCUT2D eigenvalue weighted by Gasteiger charge is 2.19. The average Bonchev–Trinajstić information content (AvgIpc) is 3.28. The lowest BCUT2D eigenvalue weighted by molar-refractivity contribution is 0.152. The lowest BCUT2D eigenvalue weighted by atomic mass is 10.3. The summed E-state index contributed by atoms with van der Waals surface area (Å²) in [6, 6.07) is 10.0. The van der Waals surface area contributed by atoms with E-state index in [1.165, 1.54) is 0 Å². The number of hydrogen-bond donors (Lipinski definition) is 1. The number of aliphatic imine (C=N–C) groups is 1. The summed E-state index contributed by atoms with van der Waals surface area (Å²) in [5.74, 6) is 1.98. The van der Waals surface area contributed by atoms with Crippen molar-refractivity contribution >= 4 is 5.96 Å². The quantitative estimate of drug-likeness (QED) is 0.373. The normalized spacial score (nSPS) is 15.5. The van der Waals surface area contributed by atoms with Crippen molar-refractivity contribution in [3.63, 3.8) is 0 Å². The van der Waals surface area contributed by atoms with Crippen LogP contribution < -0.4 is 10.1 Å². The van der Waals surface area contributed by atoms with E-state index in [1.54, 1.807) is 12.7 Å². The van der Waals surface area contributed by atoms with Crippen LogP contribution in [0.15, 0.2) is 48.0 Å². The van der Waals surface area contributed by atoms with Gasteiger partial charge in [0.05, 0.1) is 0 Å². The molecule has 0 aliphatic carbocycles. The zero-order valence-electron chi connectivity index (χ0n) is 17.4. The van der Waals surface area contributed by atoms with E-state index < -0.39 is 0 Å². The second kappa shape index (κ2) is 12.1. The molecular weight excluding hydrogens is 366 g/mol. The number of aryl methyl sites for hydroxylation is 1. The van der Waals surface area contributed by atoms with Crippen molar-refractivity contribution in [3.05, 3.63) is 43.0 Å². The van der Waals surface area contributed by atoms with E-state index in [9.17, 15) is 0 Å². The Kier molecular flexibility index (Phi) is 8.78. The Bertz CT molecular complexity index is 697. The van der Waals surface area contributed by atoms with E-state index in [0.29, 0.717) is 0 Å². The number of guanidine groups is 1. The van der Waals surface area contributed by atoms with E-state index in [-0.39, 0.29) is 0 Å². The Morgan fingerprint density at radius 2 is 1.79 bits per heavy atom. The molecule has 3 rings (SSSR count). The van der Waals surface area contributed by atoms with Crippen LogP contribution in [-0.4, -0.2) is 82.9 Å². The molecule has 2 heterocycles. The van der Waals surface area contributed by atoms with Crippen molar-refractivity contribution < 1.29 is 4.74 Å². The van der Waals surface area contributed by atoms with Crippen LogP contribution in [0, 0.1) is 0 Å². The van der Waals surface area contributed by atoms with E-state index in [1.807, 2.05) is 34.9 Å². The number of hydrogen-bond acceptors (Lipinski definition) is 5. The SMILES string of the molecule is CCNC(=NCCCCn1cnnc1)N1CCN(CCOc2ccccc2)CC1. The van der Waals surface area contributed by atoms with Crippen LogP contribution in [0.2, 0.25) is 0 Å². The maximum atomic E-state index is 5.82. The van der Waals surface area contributed by atoms with Crippen molar-refractivity contribution in [2.45, 2.75) is 26.3 Å². The van der Waals surface area contributed by atoms with Gasteiger partial charge in [-0.25, -0.2) is 0 Å². The summed E-state index contributed by atoms with van der Waals surface area (Å²) in [5, 5.41) is 11.1. The number of nitrogens with one attached hydrogen (secondary N) is 1. The molecule has 1 aromatic heterocycles. The second-order valence-corrected chi connectivity index (χ2v) is 7.13. The summed E-state index contributed by atoms with van der Waals surface area (Å²) in [5.41, 5.74) is 0. The van der Waals surface area contributed by atoms with E-state index in [2.05, 4.69) is 32.2 Å². The van der Waals surface area contributed by atoms with Crippen LogP contribution in [0.25, 0.3) is 0 Å². The first-order valence-electron chi connectivity index (χ1n) is 10.6. The fourth-order valence-corrected chi connectivity index (χ4v) is 3.35. The van der Waals surface area contributed by atoms with Crippen LogP contribution in [-0.2, 0) is 6.54 Å². The maximum Gasteiger partial charge on any atom is 0.194 e. The zero-order chi connectivity index (χ0) is 20.2. The standard InChI is InChI=1S/C21H33N7O/c1-2-22-21(23-10-6-7-11-27-18-24-25-19-27)28-14-12-26(13-15-28)16-17-29-20-8-4-3-5-9-20/h3-5,8-9,18-19H,2,6-7,10-17H2,1H3,(H,22,23). The van der Waals surface area contributed by atoms with Gasteiger partial charge in [0.25, 0.3) is 0 Å². The average molecular weight is 400 g/mol. The minimum absolute atomic E-state index is 0.727. The zero-order valence-corrected chi connectivity index (χ0v) is 17.4. The van der Waals surface area contributed by atoms with Gasteiger partial charge in [0.15, 0.2) is 5.96 Å². The third kappa shape index (κ3) is 7.38. The maximum absolute atomic E-state index is 5.82. The highest BCUT2D eigenvalue weighted by molar-refractivity contribution is 5.80. The number of nitrogens with zero attached hydrogens (tertiary/aromatic N) is 6. The van der Waals surface area contributed by atoms with Gasteiger partial charge in [-0.2, -0.15) is 0 Å². The molecule has 8 nitrogen and oxygen atoms in total.